The molecule has 0 aromatic heterocycles. The lowest BCUT2D eigenvalue weighted by molar-refractivity contribution is -0.757. The van der Waals surface area contributed by atoms with Gasteiger partial charge in [0, 0.05) is 38.8 Å². The van der Waals surface area contributed by atoms with E-state index in [1.54, 1.807) is 29.2 Å². The molecule has 19 nitrogen and oxygen atoms in total. The average molecular weight is 798 g/mol. The van der Waals surface area contributed by atoms with E-state index in [0.29, 0.717) is 18.0 Å². The molecule has 2 N–H and O–H groups in total. The summed E-state index contributed by atoms with van der Waals surface area (Å²) in [7, 11) is 1.50. The van der Waals surface area contributed by atoms with Gasteiger partial charge in [-0.3, -0.25) is 19.2 Å². The fourth-order valence-electron chi connectivity index (χ4n) is 6.31. The maximum atomic E-state index is 14.2. The molecule has 0 fully saturated rings. The van der Waals surface area contributed by atoms with E-state index in [2.05, 4.69) is 20.3 Å². The Morgan fingerprint density at radius 2 is 1.68 bits per heavy atom. The second kappa shape index (κ2) is 24.7. The number of carbonyl (C=O) groups excluding carboxylic acids is 4. The lowest BCUT2D eigenvalue weighted by Crippen LogP contribution is -2.51. The SMILES string of the molecule is CCCCNC(=O)[C@@H](C[C@H](OC(=O)CCCO[N+](=O)[O-])C(CC(C)(C)CC(=O)N1C[C@H](COCOC)Oc2ccccc21)NC(=O)CCCO[N+](=O)[O-])C(C)C. The van der Waals surface area contributed by atoms with Gasteiger partial charge in [-0.1, -0.05) is 53.2 Å². The number of anilines is 1. The number of carbonyl (C=O) groups is 4. The number of benzene rings is 1. The van der Waals surface area contributed by atoms with Gasteiger partial charge in [-0.05, 0) is 55.6 Å². The van der Waals surface area contributed by atoms with E-state index in [1.807, 2.05) is 34.6 Å². The molecular formula is C37H59N5O14. The average Bonchev–Trinajstić information content (AvgIpc) is 3.12. The lowest BCUT2D eigenvalue weighted by atomic mass is 9.78. The van der Waals surface area contributed by atoms with Crippen LogP contribution in [0.15, 0.2) is 24.3 Å². The van der Waals surface area contributed by atoms with Crippen molar-refractivity contribution in [1.82, 2.24) is 10.6 Å². The fraction of sp³-hybridized carbons (Fsp3) is 0.730. The first-order valence-electron chi connectivity index (χ1n) is 19.0. The Hall–Kier alpha value is -4.78. The van der Waals surface area contributed by atoms with E-state index in [0.717, 1.165) is 12.8 Å². The summed E-state index contributed by atoms with van der Waals surface area (Å²) in [4.78, 5) is 85.9. The van der Waals surface area contributed by atoms with Gasteiger partial charge in [0.15, 0.2) is 0 Å². The van der Waals surface area contributed by atoms with Crippen molar-refractivity contribution in [3.05, 3.63) is 44.5 Å². The van der Waals surface area contributed by atoms with Crippen LogP contribution in [0.5, 0.6) is 5.75 Å². The molecule has 1 aliphatic rings. The van der Waals surface area contributed by atoms with Gasteiger partial charge in [0.05, 0.1) is 38.1 Å². The van der Waals surface area contributed by atoms with Crippen molar-refractivity contribution >= 4 is 29.4 Å². The molecule has 0 aliphatic carbocycles. The zero-order chi connectivity index (χ0) is 41.7. The Bertz CT molecular complexity index is 1430. The molecule has 1 heterocycles. The second-order valence-electron chi connectivity index (χ2n) is 14.8. The number of methoxy groups -OCH3 is 1. The molecule has 0 spiro atoms. The molecule has 316 valence electrons. The molecule has 2 rings (SSSR count). The topological polar surface area (TPSA) is 237 Å². The van der Waals surface area contributed by atoms with Crippen LogP contribution in [0.25, 0.3) is 0 Å². The molecule has 0 radical (unpaired) electrons. The minimum absolute atomic E-state index is 0.00612. The molecule has 3 amide bonds. The first-order chi connectivity index (χ1) is 26.6. The second-order valence-corrected chi connectivity index (χ2v) is 14.8. The summed E-state index contributed by atoms with van der Waals surface area (Å²) < 4.78 is 22.6. The van der Waals surface area contributed by atoms with E-state index in [9.17, 15) is 39.4 Å². The van der Waals surface area contributed by atoms with E-state index >= 15 is 0 Å². The molecule has 1 unspecified atom stereocenters. The summed E-state index contributed by atoms with van der Waals surface area (Å²) in [6.45, 7) is 9.60. The highest BCUT2D eigenvalue weighted by molar-refractivity contribution is 5.95. The zero-order valence-electron chi connectivity index (χ0n) is 33.4. The number of unbranched alkanes of at least 4 members (excludes halogenated alkanes) is 1. The van der Waals surface area contributed by atoms with Gasteiger partial charge in [-0.2, -0.15) is 0 Å². The molecule has 19 heteroatoms. The molecule has 56 heavy (non-hydrogen) atoms. The standard InChI is InChI=1S/C37H59N5O14/c1-7-8-17-38-36(46)28(26(2)3)20-32(56-35(45)16-12-19-54-42(49)50)29(39-33(43)15-11-18-53-41(47)48)21-37(4,5)22-34(44)40-23-27(24-52-25-51-6)55-31-14-10-9-13-30(31)40/h9-10,13-14,26-29,32H,7-8,11-12,15-25H2,1-6H3,(H,38,46)(H,39,43)/t27-,28+,29?,32+/m1/s1. The molecule has 4 atom stereocenters. The first-order valence-corrected chi connectivity index (χ1v) is 19.0. The van der Waals surface area contributed by atoms with Crippen LogP contribution in [0, 0.1) is 37.5 Å². The van der Waals surface area contributed by atoms with E-state index in [4.69, 9.17) is 18.9 Å². The van der Waals surface area contributed by atoms with Crippen molar-refractivity contribution < 1.29 is 58.0 Å². The number of esters is 1. The van der Waals surface area contributed by atoms with Gasteiger partial charge in [0.1, 0.15) is 24.8 Å². The highest BCUT2D eigenvalue weighted by Gasteiger charge is 2.39. The Kier molecular flexibility index (Phi) is 20.9. The zero-order valence-corrected chi connectivity index (χ0v) is 33.4. The van der Waals surface area contributed by atoms with Crippen LogP contribution in [0.2, 0.25) is 0 Å². The quantitative estimate of drug-likeness (QED) is 0.0398. The number of ether oxygens (including phenoxy) is 4. The Morgan fingerprint density at radius 3 is 2.30 bits per heavy atom. The van der Waals surface area contributed by atoms with Gasteiger partial charge in [-0.25, -0.2) is 0 Å². The van der Waals surface area contributed by atoms with Gasteiger partial charge in [-0.15, -0.1) is 20.2 Å². The molecule has 1 aromatic rings. The van der Waals surface area contributed by atoms with Crippen molar-refractivity contribution in [2.24, 2.45) is 17.3 Å². The smallest absolute Gasteiger partial charge is 0.306 e. The third-order valence-corrected chi connectivity index (χ3v) is 9.05. The largest absolute Gasteiger partial charge is 0.484 e. The van der Waals surface area contributed by atoms with Crippen LogP contribution in [0.4, 0.5) is 5.69 Å². The minimum Gasteiger partial charge on any atom is -0.484 e. The Morgan fingerprint density at radius 1 is 1.02 bits per heavy atom. The summed E-state index contributed by atoms with van der Waals surface area (Å²) in [6.07, 6.45) is -0.254. The van der Waals surface area contributed by atoms with Crippen LogP contribution in [0.3, 0.4) is 0 Å². The predicted octanol–water partition coefficient (Wildman–Crippen LogP) is 4.16. The number of hydrogen-bond donors (Lipinski definition) is 2. The summed E-state index contributed by atoms with van der Waals surface area (Å²) in [5.41, 5.74) is -0.264. The fourth-order valence-corrected chi connectivity index (χ4v) is 6.31. The number of fused-ring (bicyclic) bond motifs is 1. The number of hydrogen-bond acceptors (Lipinski definition) is 14. The van der Waals surface area contributed by atoms with E-state index < -0.39 is 51.6 Å². The number of amides is 3. The van der Waals surface area contributed by atoms with E-state index in [1.165, 1.54) is 7.11 Å². The van der Waals surface area contributed by atoms with Crippen LogP contribution >= 0.6 is 0 Å². The molecular weight excluding hydrogens is 738 g/mol. The van der Waals surface area contributed by atoms with Crippen molar-refractivity contribution in [3.8, 4) is 5.75 Å². The molecule has 0 bridgehead atoms. The summed E-state index contributed by atoms with van der Waals surface area (Å²) in [5.74, 6) is -2.08. The van der Waals surface area contributed by atoms with Crippen molar-refractivity contribution in [2.45, 2.75) is 111 Å². The normalized spacial score (nSPS) is 15.4. The number of nitrogens with one attached hydrogen (secondary N) is 2. The third kappa shape index (κ3) is 17.8. The molecule has 0 saturated heterocycles. The molecule has 1 aromatic carbocycles. The summed E-state index contributed by atoms with van der Waals surface area (Å²) in [5, 5.41) is 25.2. The molecule has 1 aliphatic heterocycles. The maximum Gasteiger partial charge on any atom is 0.306 e. The summed E-state index contributed by atoms with van der Waals surface area (Å²) in [6, 6.07) is 6.20. The number of para-hydroxylation sites is 2. The first kappa shape index (κ1) is 47.4. The van der Waals surface area contributed by atoms with Gasteiger partial charge >= 0.3 is 5.97 Å². The molecule has 0 saturated carbocycles. The van der Waals surface area contributed by atoms with Gasteiger partial charge < -0.3 is 44.2 Å². The maximum absolute atomic E-state index is 14.2. The Labute approximate surface area is 327 Å². The Balaban J connectivity index is 2.45. The lowest BCUT2D eigenvalue weighted by Gasteiger charge is -2.38. The van der Waals surface area contributed by atoms with Crippen LogP contribution in [-0.4, -0.2) is 98.9 Å². The van der Waals surface area contributed by atoms with Crippen LogP contribution < -0.4 is 20.3 Å². The number of rotatable bonds is 28. The van der Waals surface area contributed by atoms with Crippen LogP contribution in [-0.2, 0) is 43.1 Å². The highest BCUT2D eigenvalue weighted by Crippen LogP contribution is 2.37. The van der Waals surface area contributed by atoms with E-state index in [-0.39, 0.29) is 95.8 Å². The number of nitrogens with zero attached hydrogens (tertiary/aromatic N) is 3. The van der Waals surface area contributed by atoms with Gasteiger partial charge in [0.2, 0.25) is 17.7 Å². The third-order valence-electron chi connectivity index (χ3n) is 9.05. The van der Waals surface area contributed by atoms with Crippen molar-refractivity contribution in [3.63, 3.8) is 0 Å². The predicted molar refractivity (Wildman–Crippen MR) is 201 cm³/mol. The monoisotopic (exact) mass is 797 g/mol. The van der Waals surface area contributed by atoms with Crippen molar-refractivity contribution in [1.29, 1.82) is 0 Å². The van der Waals surface area contributed by atoms with Crippen LogP contribution in [0.1, 0.15) is 92.4 Å². The summed E-state index contributed by atoms with van der Waals surface area (Å²) >= 11 is 0. The minimum atomic E-state index is -1.08. The highest BCUT2D eigenvalue weighted by atomic mass is 17.0. The van der Waals surface area contributed by atoms with Gasteiger partial charge in [0.25, 0.3) is 10.2 Å². The van der Waals surface area contributed by atoms with Crippen molar-refractivity contribution in [2.75, 3.05) is 51.7 Å².